The third kappa shape index (κ3) is 3.09. The molecule has 1 fully saturated rings. The molecule has 2 heterocycles. The molecule has 1 aliphatic carbocycles. The van der Waals surface area contributed by atoms with E-state index in [4.69, 9.17) is 0 Å². The molecule has 1 atom stereocenters. The molecule has 134 valence electrons. The first-order chi connectivity index (χ1) is 12.5. The Bertz CT molecular complexity index is 847. The zero-order valence-corrected chi connectivity index (χ0v) is 15.2. The summed E-state index contributed by atoms with van der Waals surface area (Å²) in [4.78, 5) is 31.7. The minimum Gasteiger partial charge on any atom is -0.345 e. The Balaban J connectivity index is 1.68. The molecule has 1 N–H and O–H groups in total. The van der Waals surface area contributed by atoms with Crippen LogP contribution in [0.25, 0.3) is 5.57 Å². The highest BCUT2D eigenvalue weighted by Gasteiger charge is 2.40. The van der Waals surface area contributed by atoms with Gasteiger partial charge in [-0.3, -0.25) is 9.59 Å². The zero-order valence-electron chi connectivity index (χ0n) is 15.2. The maximum atomic E-state index is 12.8. The molecular weight excluding hydrogens is 326 g/mol. The molecule has 5 nitrogen and oxygen atoms in total. The van der Waals surface area contributed by atoms with Crippen molar-refractivity contribution < 1.29 is 14.6 Å². The van der Waals surface area contributed by atoms with Crippen LogP contribution in [0.4, 0.5) is 0 Å². The summed E-state index contributed by atoms with van der Waals surface area (Å²) in [7, 11) is 3.50. The second-order valence-corrected chi connectivity index (χ2v) is 7.48. The molecule has 1 aromatic rings. The van der Waals surface area contributed by atoms with Crippen LogP contribution in [0.3, 0.4) is 0 Å². The van der Waals surface area contributed by atoms with E-state index in [0.717, 1.165) is 35.6 Å². The summed E-state index contributed by atoms with van der Waals surface area (Å²) in [6.45, 7) is 0.759. The van der Waals surface area contributed by atoms with Gasteiger partial charge in [-0.25, -0.2) is 4.99 Å². The number of fused-ring (bicyclic) bond motifs is 1. The fourth-order valence-electron chi connectivity index (χ4n) is 3.55. The van der Waals surface area contributed by atoms with Crippen LogP contribution in [-0.2, 0) is 4.79 Å². The number of nitrogens with one attached hydrogen (secondary N) is 1. The Morgan fingerprint density at radius 3 is 2.85 bits per heavy atom. The van der Waals surface area contributed by atoms with Crippen LogP contribution in [-0.4, -0.2) is 54.5 Å². The number of hydrogen-bond acceptors (Lipinski definition) is 2. The normalized spacial score (nSPS) is 21.4. The van der Waals surface area contributed by atoms with E-state index in [0.29, 0.717) is 5.56 Å². The summed E-state index contributed by atoms with van der Waals surface area (Å²) in [5.74, 6) is 0.863. The first kappa shape index (κ1) is 16.8. The minimum absolute atomic E-state index is 0.0217. The van der Waals surface area contributed by atoms with Crippen LogP contribution in [0.2, 0.25) is 0 Å². The average molecular weight is 350 g/mol. The van der Waals surface area contributed by atoms with E-state index in [1.165, 1.54) is 12.8 Å². The first-order valence-corrected chi connectivity index (χ1v) is 9.19. The predicted octanol–water partition coefficient (Wildman–Crippen LogP) is 0.832. The van der Waals surface area contributed by atoms with Crippen LogP contribution >= 0.6 is 0 Å². The number of hydrogen-bond donors (Lipinski definition) is 1. The fraction of sp³-hybridized carbons (Fsp3) is 0.381. The van der Waals surface area contributed by atoms with Crippen molar-refractivity contribution >= 4 is 23.6 Å². The van der Waals surface area contributed by atoms with Crippen LogP contribution in [0.15, 0.2) is 42.1 Å². The van der Waals surface area contributed by atoms with Crippen molar-refractivity contribution in [1.82, 2.24) is 9.80 Å². The molecule has 0 spiro atoms. The van der Waals surface area contributed by atoms with Gasteiger partial charge in [0, 0.05) is 49.6 Å². The largest absolute Gasteiger partial charge is 0.345 e. The minimum atomic E-state index is -0.317. The van der Waals surface area contributed by atoms with Crippen LogP contribution in [0.1, 0.15) is 35.2 Å². The van der Waals surface area contributed by atoms with Gasteiger partial charge in [-0.1, -0.05) is 25.0 Å². The number of rotatable bonds is 5. The molecule has 26 heavy (non-hydrogen) atoms. The van der Waals surface area contributed by atoms with Crippen molar-refractivity contribution in [3.63, 3.8) is 0 Å². The number of allylic oxidation sites excluding steroid dienone is 1. The van der Waals surface area contributed by atoms with E-state index in [1.807, 2.05) is 47.7 Å². The molecule has 1 unspecified atom stereocenters. The molecule has 0 saturated heterocycles. The van der Waals surface area contributed by atoms with Gasteiger partial charge in [0.1, 0.15) is 0 Å². The molecule has 5 heteroatoms. The second kappa shape index (κ2) is 6.56. The van der Waals surface area contributed by atoms with Gasteiger partial charge < -0.3 is 9.80 Å². The number of nitrogens with zero attached hydrogens (tertiary/aromatic N) is 2. The van der Waals surface area contributed by atoms with Crippen molar-refractivity contribution in [3.05, 3.63) is 53.2 Å². The lowest BCUT2D eigenvalue weighted by Gasteiger charge is -2.27. The maximum Gasteiger partial charge on any atom is 0.300 e. The van der Waals surface area contributed by atoms with Crippen molar-refractivity contribution in [2.24, 2.45) is 5.92 Å². The molecule has 2 aliphatic heterocycles. The summed E-state index contributed by atoms with van der Waals surface area (Å²) < 4.78 is 0. The quantitative estimate of drug-likeness (QED) is 0.855. The monoisotopic (exact) mass is 350 g/mol. The molecule has 3 aliphatic rings. The van der Waals surface area contributed by atoms with Gasteiger partial charge in [0.05, 0.1) is 0 Å². The van der Waals surface area contributed by atoms with E-state index in [9.17, 15) is 9.59 Å². The van der Waals surface area contributed by atoms with E-state index in [1.54, 1.807) is 19.0 Å². The summed E-state index contributed by atoms with van der Waals surface area (Å²) in [5.41, 5.74) is 3.61. The van der Waals surface area contributed by atoms with Crippen molar-refractivity contribution in [3.8, 4) is 0 Å². The lowest BCUT2D eigenvalue weighted by molar-refractivity contribution is -0.467. The van der Waals surface area contributed by atoms with Gasteiger partial charge in [-0.05, 0) is 30.0 Å². The molecule has 2 amide bonds. The molecule has 1 aromatic carbocycles. The molecule has 1 saturated carbocycles. The van der Waals surface area contributed by atoms with Gasteiger partial charge in [0.2, 0.25) is 0 Å². The number of carbonyl (C=O) groups excluding carboxylic acids is 2. The van der Waals surface area contributed by atoms with Crippen molar-refractivity contribution in [2.45, 2.75) is 25.3 Å². The van der Waals surface area contributed by atoms with E-state index >= 15 is 0 Å². The van der Waals surface area contributed by atoms with E-state index in [-0.39, 0.29) is 17.9 Å². The highest BCUT2D eigenvalue weighted by molar-refractivity contribution is 6.02. The van der Waals surface area contributed by atoms with Gasteiger partial charge >= 0.3 is 0 Å². The van der Waals surface area contributed by atoms with Gasteiger partial charge in [-0.15, -0.1) is 0 Å². The Morgan fingerprint density at radius 1 is 1.31 bits per heavy atom. The van der Waals surface area contributed by atoms with Crippen molar-refractivity contribution in [2.75, 3.05) is 20.6 Å². The Kier molecular flexibility index (Phi) is 4.23. The Hall–Kier alpha value is -2.69. The number of amides is 2. The molecule has 4 rings (SSSR count). The predicted molar refractivity (Wildman–Crippen MR) is 100 cm³/mol. The van der Waals surface area contributed by atoms with Crippen LogP contribution < -0.4 is 4.99 Å². The number of carbonyl (C=O) groups is 2. The second-order valence-electron chi connectivity index (χ2n) is 7.48. The molecular formula is C21H24N3O2+. The standard InChI is InChI=1S/C21H23N3O2/c1-23(2)20(25)16-5-3-4-15(12-16)18-13-24(11-9-14-6-7-14)21(26)19-17(18)8-10-22-19/h3-5,8,10,12-14,19H,6-7,9,11H2,1-2H3/p+1. The topological polar surface area (TPSA) is 54.6 Å². The molecule has 0 bridgehead atoms. The fourth-order valence-corrected chi connectivity index (χ4v) is 3.55. The maximum absolute atomic E-state index is 12.8. The summed E-state index contributed by atoms with van der Waals surface area (Å²) in [6.07, 6.45) is 9.40. The van der Waals surface area contributed by atoms with E-state index in [2.05, 4.69) is 4.99 Å². The lowest BCUT2D eigenvalue weighted by atomic mass is 9.90. The van der Waals surface area contributed by atoms with Crippen molar-refractivity contribution in [1.29, 1.82) is 0 Å². The lowest BCUT2D eigenvalue weighted by Crippen LogP contribution is -2.79. The van der Waals surface area contributed by atoms with E-state index < -0.39 is 0 Å². The Labute approximate surface area is 153 Å². The highest BCUT2D eigenvalue weighted by Crippen LogP contribution is 2.35. The summed E-state index contributed by atoms with van der Waals surface area (Å²) in [5, 5.41) is 0. The first-order valence-electron chi connectivity index (χ1n) is 9.19. The molecule has 0 radical (unpaired) electrons. The third-order valence-electron chi connectivity index (χ3n) is 5.26. The molecule has 0 aromatic heterocycles. The highest BCUT2D eigenvalue weighted by atomic mass is 16.2. The zero-order chi connectivity index (χ0) is 18.3. The Morgan fingerprint density at radius 2 is 2.12 bits per heavy atom. The van der Waals surface area contributed by atoms with Gasteiger partial charge in [0.15, 0.2) is 6.21 Å². The van der Waals surface area contributed by atoms with Crippen LogP contribution in [0, 0.1) is 5.92 Å². The van der Waals surface area contributed by atoms with Gasteiger partial charge in [0.25, 0.3) is 17.9 Å². The summed E-state index contributed by atoms with van der Waals surface area (Å²) >= 11 is 0. The smallest absolute Gasteiger partial charge is 0.300 e. The van der Waals surface area contributed by atoms with Crippen LogP contribution in [0.5, 0.6) is 0 Å². The number of benzene rings is 1. The van der Waals surface area contributed by atoms with Gasteiger partial charge in [-0.2, -0.15) is 0 Å². The summed E-state index contributed by atoms with van der Waals surface area (Å²) in [6, 6.07) is 7.33. The average Bonchev–Trinajstić information content (AvgIpc) is 3.34. The SMILES string of the molecule is CN(C)C(=O)c1cccc(C2=CN(CCC3CC3)C(=O)C3[NH+]=CC=C23)c1. The third-order valence-corrected chi connectivity index (χ3v) is 5.26.